The van der Waals surface area contributed by atoms with Crippen molar-refractivity contribution in [3.8, 4) is 5.69 Å². The largest absolute Gasteiger partial charge is 0.464 e. The van der Waals surface area contributed by atoms with Gasteiger partial charge in [0.2, 0.25) is 11.1 Å². The molecule has 7 nitrogen and oxygen atoms in total. The Hall–Kier alpha value is -2.44. The number of aromatic nitrogens is 4. The molecule has 19 heavy (non-hydrogen) atoms. The van der Waals surface area contributed by atoms with E-state index < -0.39 is 11.4 Å². The van der Waals surface area contributed by atoms with Crippen molar-refractivity contribution >= 4 is 5.97 Å². The number of esters is 1. The van der Waals surface area contributed by atoms with Crippen molar-refractivity contribution in [2.45, 2.75) is 13.3 Å². The summed E-state index contributed by atoms with van der Waals surface area (Å²) >= 11 is 0. The van der Waals surface area contributed by atoms with E-state index in [4.69, 9.17) is 0 Å². The highest BCUT2D eigenvalue weighted by Crippen LogP contribution is 2.11. The molecule has 0 radical (unpaired) electrons. The van der Waals surface area contributed by atoms with Gasteiger partial charge in [0.05, 0.1) is 19.0 Å². The van der Waals surface area contributed by atoms with Crippen LogP contribution in [0.5, 0.6) is 0 Å². The summed E-state index contributed by atoms with van der Waals surface area (Å²) in [6.07, 6.45) is 4.00. The molecule has 0 aliphatic heterocycles. The summed E-state index contributed by atoms with van der Waals surface area (Å²) in [5, 5.41) is 8.30. The standard InChI is InChI=1S/C12H14N4O3/c1-4-8-9(7-15(2)13-8)16-6-5-10(17)11(14-16)12(18)19-3/h5-7H,4H2,1-3H3. The van der Waals surface area contributed by atoms with Crippen LogP contribution in [0.15, 0.2) is 23.3 Å². The summed E-state index contributed by atoms with van der Waals surface area (Å²) in [6.45, 7) is 1.97. The van der Waals surface area contributed by atoms with Gasteiger partial charge < -0.3 is 4.74 Å². The number of aryl methyl sites for hydroxylation is 2. The molecule has 100 valence electrons. The maximum Gasteiger partial charge on any atom is 0.362 e. The molecule has 2 aromatic rings. The molecular formula is C12H14N4O3. The molecule has 0 saturated heterocycles. The van der Waals surface area contributed by atoms with E-state index in [1.54, 1.807) is 17.9 Å². The second kappa shape index (κ2) is 5.05. The molecule has 0 spiro atoms. The maximum absolute atomic E-state index is 11.6. The lowest BCUT2D eigenvalue weighted by atomic mass is 10.3. The van der Waals surface area contributed by atoms with E-state index in [9.17, 15) is 9.59 Å². The molecule has 0 fully saturated rings. The molecule has 0 bridgehead atoms. The molecule has 0 unspecified atom stereocenters. The number of nitrogens with zero attached hydrogens (tertiary/aromatic N) is 4. The van der Waals surface area contributed by atoms with Crippen molar-refractivity contribution in [3.63, 3.8) is 0 Å². The lowest BCUT2D eigenvalue weighted by Gasteiger charge is -2.05. The number of hydrogen-bond donors (Lipinski definition) is 0. The number of rotatable bonds is 3. The van der Waals surface area contributed by atoms with E-state index in [0.29, 0.717) is 0 Å². The summed E-state index contributed by atoms with van der Waals surface area (Å²) in [6, 6.07) is 1.28. The first-order chi connectivity index (χ1) is 9.06. The minimum atomic E-state index is -0.749. The number of carbonyl (C=O) groups excluding carboxylic acids is 1. The van der Waals surface area contributed by atoms with E-state index in [1.165, 1.54) is 24.1 Å². The van der Waals surface area contributed by atoms with Gasteiger partial charge in [-0.25, -0.2) is 9.48 Å². The Labute approximate surface area is 109 Å². The summed E-state index contributed by atoms with van der Waals surface area (Å²) in [7, 11) is 3.01. The molecule has 0 aliphatic rings. The second-order valence-corrected chi connectivity index (χ2v) is 3.95. The predicted molar refractivity (Wildman–Crippen MR) is 67.3 cm³/mol. The molecular weight excluding hydrogens is 248 g/mol. The van der Waals surface area contributed by atoms with Crippen molar-refractivity contribution in [2.24, 2.45) is 7.05 Å². The van der Waals surface area contributed by atoms with Crippen molar-refractivity contribution < 1.29 is 9.53 Å². The minimum Gasteiger partial charge on any atom is -0.464 e. The van der Waals surface area contributed by atoms with Gasteiger partial charge in [-0.05, 0) is 6.42 Å². The zero-order valence-electron chi connectivity index (χ0n) is 11.0. The predicted octanol–water partition coefficient (Wildman–Crippen LogP) is 0.315. The summed E-state index contributed by atoms with van der Waals surface area (Å²) in [5.74, 6) is -0.749. The number of carbonyl (C=O) groups is 1. The molecule has 2 rings (SSSR count). The lowest BCUT2D eigenvalue weighted by molar-refractivity contribution is 0.0590. The van der Waals surface area contributed by atoms with Gasteiger partial charge in [-0.2, -0.15) is 10.2 Å². The van der Waals surface area contributed by atoms with E-state index in [2.05, 4.69) is 14.9 Å². The smallest absolute Gasteiger partial charge is 0.362 e. The van der Waals surface area contributed by atoms with Gasteiger partial charge in [0, 0.05) is 19.3 Å². The lowest BCUT2D eigenvalue weighted by Crippen LogP contribution is -2.21. The highest BCUT2D eigenvalue weighted by molar-refractivity contribution is 5.86. The first-order valence-electron chi connectivity index (χ1n) is 5.78. The van der Waals surface area contributed by atoms with Crippen molar-refractivity contribution in [3.05, 3.63) is 40.1 Å². The van der Waals surface area contributed by atoms with Crippen LogP contribution in [-0.2, 0) is 18.2 Å². The average Bonchev–Trinajstić information content (AvgIpc) is 2.79. The number of ether oxygens (including phenoxy) is 1. The fraction of sp³-hybridized carbons (Fsp3) is 0.333. The fourth-order valence-electron chi connectivity index (χ4n) is 1.75. The van der Waals surface area contributed by atoms with E-state index in [-0.39, 0.29) is 5.69 Å². The number of hydrogen-bond acceptors (Lipinski definition) is 5. The Balaban J connectivity index is 2.57. The monoisotopic (exact) mass is 262 g/mol. The van der Waals surface area contributed by atoms with Gasteiger partial charge in [0.1, 0.15) is 5.69 Å². The number of methoxy groups -OCH3 is 1. The van der Waals surface area contributed by atoms with Crippen molar-refractivity contribution in [2.75, 3.05) is 7.11 Å². The van der Waals surface area contributed by atoms with Crippen molar-refractivity contribution in [1.82, 2.24) is 19.6 Å². The van der Waals surface area contributed by atoms with Gasteiger partial charge in [-0.15, -0.1) is 0 Å². The molecule has 0 aliphatic carbocycles. The van der Waals surface area contributed by atoms with E-state index in [0.717, 1.165) is 17.8 Å². The zero-order chi connectivity index (χ0) is 14.0. The molecule has 2 aromatic heterocycles. The fourth-order valence-corrected chi connectivity index (χ4v) is 1.75. The Kier molecular flexibility index (Phi) is 3.46. The first-order valence-corrected chi connectivity index (χ1v) is 5.78. The van der Waals surface area contributed by atoms with E-state index >= 15 is 0 Å². The van der Waals surface area contributed by atoms with Crippen LogP contribution in [0.25, 0.3) is 5.69 Å². The van der Waals surface area contributed by atoms with Gasteiger partial charge in [0.25, 0.3) is 0 Å². The molecule has 0 saturated carbocycles. The molecule has 0 aromatic carbocycles. The topological polar surface area (TPSA) is 79.0 Å². The van der Waals surface area contributed by atoms with Crippen LogP contribution in [-0.4, -0.2) is 32.6 Å². The van der Waals surface area contributed by atoms with Crippen molar-refractivity contribution in [1.29, 1.82) is 0 Å². The molecule has 0 N–H and O–H groups in total. The summed E-state index contributed by atoms with van der Waals surface area (Å²) in [5.41, 5.74) is 0.852. The van der Waals surface area contributed by atoms with Crippen LogP contribution in [0.1, 0.15) is 23.1 Å². The molecule has 0 atom stereocenters. The summed E-state index contributed by atoms with van der Waals surface area (Å²) in [4.78, 5) is 23.0. The van der Waals surface area contributed by atoms with Crippen LogP contribution in [0.4, 0.5) is 0 Å². The Bertz CT molecular complexity index is 672. The minimum absolute atomic E-state index is 0.240. The van der Waals surface area contributed by atoms with E-state index in [1.807, 2.05) is 6.92 Å². The normalized spacial score (nSPS) is 10.5. The van der Waals surface area contributed by atoms with Gasteiger partial charge in [0.15, 0.2) is 0 Å². The van der Waals surface area contributed by atoms with Crippen LogP contribution < -0.4 is 5.43 Å². The molecule has 7 heteroatoms. The third kappa shape index (κ3) is 2.40. The van der Waals surface area contributed by atoms with Gasteiger partial charge >= 0.3 is 5.97 Å². The van der Waals surface area contributed by atoms with Gasteiger partial charge in [-0.3, -0.25) is 9.48 Å². The second-order valence-electron chi connectivity index (χ2n) is 3.95. The van der Waals surface area contributed by atoms with Gasteiger partial charge in [-0.1, -0.05) is 6.92 Å². The van der Waals surface area contributed by atoms with Crippen LogP contribution in [0, 0.1) is 0 Å². The van der Waals surface area contributed by atoms with Crippen LogP contribution in [0.3, 0.4) is 0 Å². The Morgan fingerprint density at radius 1 is 1.42 bits per heavy atom. The highest BCUT2D eigenvalue weighted by atomic mass is 16.5. The average molecular weight is 262 g/mol. The first kappa shape index (κ1) is 13.0. The maximum atomic E-state index is 11.6. The van der Waals surface area contributed by atoms with Crippen LogP contribution in [0.2, 0.25) is 0 Å². The Morgan fingerprint density at radius 2 is 2.16 bits per heavy atom. The third-order valence-electron chi connectivity index (χ3n) is 2.65. The Morgan fingerprint density at radius 3 is 2.79 bits per heavy atom. The quantitative estimate of drug-likeness (QED) is 0.744. The highest BCUT2D eigenvalue weighted by Gasteiger charge is 2.15. The summed E-state index contributed by atoms with van der Waals surface area (Å²) < 4.78 is 7.65. The van der Waals surface area contributed by atoms with Crippen LogP contribution >= 0.6 is 0 Å². The third-order valence-corrected chi connectivity index (χ3v) is 2.65. The SMILES string of the molecule is CCc1nn(C)cc1-n1ccc(=O)c(C(=O)OC)n1. The molecule has 0 amide bonds. The zero-order valence-corrected chi connectivity index (χ0v) is 11.0. The molecule has 2 heterocycles.